The third-order valence-corrected chi connectivity index (χ3v) is 7.77. The summed E-state index contributed by atoms with van der Waals surface area (Å²) >= 11 is 7.83. The molecule has 1 atom stereocenters. The molecule has 0 aliphatic carbocycles. The first-order valence-corrected chi connectivity index (χ1v) is 12.1. The number of pyridine rings is 1. The van der Waals surface area contributed by atoms with Crippen LogP contribution in [0.2, 0.25) is 4.34 Å². The van der Waals surface area contributed by atoms with E-state index in [0.717, 1.165) is 43.9 Å². The van der Waals surface area contributed by atoms with Crippen molar-refractivity contribution in [2.45, 2.75) is 5.60 Å². The summed E-state index contributed by atoms with van der Waals surface area (Å²) in [4.78, 5) is 18.1. The Balaban J connectivity index is 1.85. The van der Waals surface area contributed by atoms with E-state index >= 15 is 0 Å². The molecule has 178 valence electrons. The van der Waals surface area contributed by atoms with E-state index in [2.05, 4.69) is 11.1 Å². The molecule has 0 N–H and O–H groups in total. The van der Waals surface area contributed by atoms with Crippen molar-refractivity contribution < 1.29 is 9.47 Å². The zero-order valence-electron chi connectivity index (χ0n) is 19.8. The summed E-state index contributed by atoms with van der Waals surface area (Å²) in [5.74, 6) is 0.724. The van der Waals surface area contributed by atoms with Crippen LogP contribution in [0.25, 0.3) is 22.0 Å². The summed E-state index contributed by atoms with van der Waals surface area (Å²) in [6, 6.07) is 19.3. The number of methoxy groups -OCH3 is 2. The summed E-state index contributed by atoms with van der Waals surface area (Å²) < 4.78 is 16.0. The molecule has 3 aromatic heterocycles. The molecule has 0 aliphatic rings. The quantitative estimate of drug-likeness (QED) is 0.301. The Labute approximate surface area is 212 Å². The second-order valence-corrected chi connectivity index (χ2v) is 10.0. The average molecular weight is 506 g/mol. The van der Waals surface area contributed by atoms with Crippen molar-refractivity contribution in [1.29, 1.82) is 0 Å². The summed E-state index contributed by atoms with van der Waals surface area (Å²) in [6.45, 7) is 0. The van der Waals surface area contributed by atoms with Crippen molar-refractivity contribution in [3.8, 4) is 16.9 Å². The molecule has 0 fully saturated rings. The van der Waals surface area contributed by atoms with Crippen LogP contribution in [-0.2, 0) is 24.4 Å². The van der Waals surface area contributed by atoms with Crippen LogP contribution in [0.4, 0.5) is 0 Å². The minimum absolute atomic E-state index is 0.0854. The molecule has 0 aliphatic heterocycles. The lowest BCUT2D eigenvalue weighted by Gasteiger charge is -2.33. The van der Waals surface area contributed by atoms with Crippen LogP contribution in [0.15, 0.2) is 78.0 Å². The molecule has 6 nitrogen and oxygen atoms in total. The summed E-state index contributed by atoms with van der Waals surface area (Å²) in [5.41, 5.74) is 3.27. The number of nitrogens with zero attached hydrogens (tertiary/aromatic N) is 3. The third-order valence-electron chi connectivity index (χ3n) is 6.44. The molecule has 0 bridgehead atoms. The number of fused-ring (bicyclic) bond motifs is 1. The van der Waals surface area contributed by atoms with Gasteiger partial charge in [0.2, 0.25) is 0 Å². The van der Waals surface area contributed by atoms with E-state index in [-0.39, 0.29) is 5.56 Å². The highest BCUT2D eigenvalue weighted by molar-refractivity contribution is 7.16. The number of hydrogen-bond donors (Lipinski definition) is 0. The fourth-order valence-electron chi connectivity index (χ4n) is 4.65. The molecule has 3 heterocycles. The Morgan fingerprint density at radius 1 is 1.03 bits per heavy atom. The van der Waals surface area contributed by atoms with Crippen molar-refractivity contribution >= 4 is 33.8 Å². The fourth-order valence-corrected chi connectivity index (χ4v) is 5.89. The van der Waals surface area contributed by atoms with Gasteiger partial charge in [-0.15, -0.1) is 11.3 Å². The predicted molar refractivity (Wildman–Crippen MR) is 141 cm³/mol. The summed E-state index contributed by atoms with van der Waals surface area (Å²) in [6.07, 6.45) is 3.57. The second-order valence-electron chi connectivity index (χ2n) is 8.30. The third kappa shape index (κ3) is 3.76. The van der Waals surface area contributed by atoms with Crippen molar-refractivity contribution in [2.24, 2.45) is 14.1 Å². The molecule has 2 aromatic carbocycles. The maximum atomic E-state index is 12.9. The van der Waals surface area contributed by atoms with Crippen LogP contribution in [0.5, 0.6) is 5.75 Å². The lowest BCUT2D eigenvalue weighted by molar-refractivity contribution is 0.0555. The molecular formula is C27H24ClN3O3S. The Hall–Kier alpha value is -3.39. The van der Waals surface area contributed by atoms with Gasteiger partial charge in [0.15, 0.2) is 5.60 Å². The van der Waals surface area contributed by atoms with Gasteiger partial charge in [0.05, 0.1) is 35.2 Å². The van der Waals surface area contributed by atoms with Crippen molar-refractivity contribution in [3.63, 3.8) is 0 Å². The van der Waals surface area contributed by atoms with Gasteiger partial charge in [0.1, 0.15) is 5.75 Å². The number of thiophene rings is 1. The van der Waals surface area contributed by atoms with Crippen LogP contribution in [0.1, 0.15) is 16.1 Å². The van der Waals surface area contributed by atoms with E-state index in [4.69, 9.17) is 21.1 Å². The second kappa shape index (κ2) is 9.00. The molecule has 0 saturated heterocycles. The number of ether oxygens (including phenoxy) is 2. The van der Waals surface area contributed by atoms with E-state index in [1.54, 1.807) is 38.2 Å². The maximum Gasteiger partial charge on any atom is 0.251 e. The number of rotatable bonds is 6. The first-order chi connectivity index (χ1) is 16.9. The van der Waals surface area contributed by atoms with Gasteiger partial charge in [-0.2, -0.15) is 0 Å². The van der Waals surface area contributed by atoms with Crippen LogP contribution in [0, 0.1) is 0 Å². The van der Waals surface area contributed by atoms with Gasteiger partial charge in [-0.3, -0.25) is 4.79 Å². The van der Waals surface area contributed by atoms with Gasteiger partial charge in [-0.25, -0.2) is 4.98 Å². The highest BCUT2D eigenvalue weighted by Gasteiger charge is 2.41. The topological polar surface area (TPSA) is 58.3 Å². The van der Waals surface area contributed by atoms with Crippen molar-refractivity contribution in [3.05, 3.63) is 104 Å². The van der Waals surface area contributed by atoms with Gasteiger partial charge in [0, 0.05) is 37.5 Å². The van der Waals surface area contributed by atoms with Gasteiger partial charge >= 0.3 is 0 Å². The Morgan fingerprint density at radius 3 is 2.51 bits per heavy atom. The lowest BCUT2D eigenvalue weighted by atomic mass is 9.86. The van der Waals surface area contributed by atoms with Crippen LogP contribution in [-0.4, -0.2) is 28.3 Å². The highest BCUT2D eigenvalue weighted by atomic mass is 35.5. The Kier molecular flexibility index (Phi) is 6.01. The van der Waals surface area contributed by atoms with E-state index in [1.165, 1.54) is 11.3 Å². The number of aryl methyl sites for hydroxylation is 2. The maximum absolute atomic E-state index is 12.9. The minimum Gasteiger partial charge on any atom is -0.497 e. The van der Waals surface area contributed by atoms with Crippen LogP contribution in [0.3, 0.4) is 0 Å². The van der Waals surface area contributed by atoms with E-state index < -0.39 is 5.60 Å². The predicted octanol–water partition coefficient (Wildman–Crippen LogP) is 5.60. The van der Waals surface area contributed by atoms with Gasteiger partial charge in [0.25, 0.3) is 5.56 Å². The van der Waals surface area contributed by atoms with E-state index in [9.17, 15) is 4.79 Å². The number of imidazole rings is 1. The standard InChI is InChI=1S/C27H24ClN3O3S/c1-30-16-29-15-23(30)27(34-4,24-10-11-25(28)35-24)18-8-9-22-21(13-18)20(14-26(32)31(22)2)17-6-5-7-19(12-17)33-3/h5-16H,1-4H3. The molecular weight excluding hydrogens is 482 g/mol. The van der Waals surface area contributed by atoms with Crippen LogP contribution >= 0.6 is 22.9 Å². The lowest BCUT2D eigenvalue weighted by Crippen LogP contribution is -2.33. The first-order valence-electron chi connectivity index (χ1n) is 11.0. The van der Waals surface area contributed by atoms with Crippen molar-refractivity contribution in [1.82, 2.24) is 14.1 Å². The molecule has 0 radical (unpaired) electrons. The molecule has 8 heteroatoms. The smallest absolute Gasteiger partial charge is 0.251 e. The summed E-state index contributed by atoms with van der Waals surface area (Å²) in [5, 5.41) is 0.920. The van der Waals surface area contributed by atoms with E-state index in [0.29, 0.717) is 4.34 Å². The zero-order chi connectivity index (χ0) is 24.7. The molecule has 0 saturated carbocycles. The van der Waals surface area contributed by atoms with Gasteiger partial charge < -0.3 is 18.6 Å². The Morgan fingerprint density at radius 2 is 1.86 bits per heavy atom. The van der Waals surface area contributed by atoms with Gasteiger partial charge in [-0.1, -0.05) is 29.8 Å². The van der Waals surface area contributed by atoms with E-state index in [1.807, 2.05) is 66.3 Å². The van der Waals surface area contributed by atoms with Crippen molar-refractivity contribution in [2.75, 3.05) is 14.2 Å². The minimum atomic E-state index is -0.947. The van der Waals surface area contributed by atoms with Crippen LogP contribution < -0.4 is 10.3 Å². The molecule has 1 unspecified atom stereocenters. The highest BCUT2D eigenvalue weighted by Crippen LogP contribution is 2.45. The molecule has 5 aromatic rings. The normalized spacial score (nSPS) is 13.2. The molecule has 5 rings (SSSR count). The number of benzene rings is 2. The zero-order valence-corrected chi connectivity index (χ0v) is 21.4. The fraction of sp³-hybridized carbons (Fsp3) is 0.185. The average Bonchev–Trinajstić information content (AvgIpc) is 3.51. The molecule has 0 amide bonds. The summed E-state index contributed by atoms with van der Waals surface area (Å²) in [7, 11) is 7.04. The first kappa shape index (κ1) is 23.4. The monoisotopic (exact) mass is 505 g/mol. The number of aromatic nitrogens is 3. The largest absolute Gasteiger partial charge is 0.497 e. The molecule has 35 heavy (non-hydrogen) atoms. The number of hydrogen-bond acceptors (Lipinski definition) is 5. The SMILES string of the molecule is COc1cccc(-c2cc(=O)n(C)c3ccc(C(OC)(c4ccc(Cl)s4)c4cncn4C)cc23)c1. The van der Waals surface area contributed by atoms with Gasteiger partial charge in [-0.05, 0) is 53.1 Å². The number of halogens is 1. The Bertz CT molecular complexity index is 1600. The molecule has 0 spiro atoms.